The van der Waals surface area contributed by atoms with Crippen LogP contribution in [0.5, 0.6) is 11.5 Å². The standard InChI is InChI=1S/C23H20N4O4/c1-29-17-7-8-18(20(14-17)30-2)23(28)25-19-6-4-3-5-16(19)13-21-26-22(27-31-21)15-9-11-24-12-10-15/h3-12,14H,13H2,1-2H3,(H,25,28). The summed E-state index contributed by atoms with van der Waals surface area (Å²) in [6, 6.07) is 16.1. The van der Waals surface area contributed by atoms with Crippen LogP contribution in [0.15, 0.2) is 71.5 Å². The number of hydrogen-bond acceptors (Lipinski definition) is 7. The second-order valence-corrected chi connectivity index (χ2v) is 6.60. The van der Waals surface area contributed by atoms with Crippen LogP contribution in [0.4, 0.5) is 5.69 Å². The SMILES string of the molecule is COc1ccc(C(=O)Nc2ccccc2Cc2nc(-c3ccncc3)no2)c(OC)c1. The monoisotopic (exact) mass is 416 g/mol. The minimum Gasteiger partial charge on any atom is -0.497 e. The lowest BCUT2D eigenvalue weighted by atomic mass is 10.1. The van der Waals surface area contributed by atoms with Crippen molar-refractivity contribution >= 4 is 11.6 Å². The molecule has 0 aliphatic carbocycles. The van der Waals surface area contributed by atoms with Gasteiger partial charge in [-0.1, -0.05) is 23.4 Å². The Morgan fingerprint density at radius 1 is 1.03 bits per heavy atom. The first-order chi connectivity index (χ1) is 15.2. The topological polar surface area (TPSA) is 99.4 Å². The molecule has 0 bridgehead atoms. The van der Waals surface area contributed by atoms with E-state index in [1.165, 1.54) is 7.11 Å². The van der Waals surface area contributed by atoms with Gasteiger partial charge in [0.25, 0.3) is 5.91 Å². The fraction of sp³-hybridized carbons (Fsp3) is 0.130. The number of ether oxygens (including phenoxy) is 2. The molecule has 0 unspecified atom stereocenters. The van der Waals surface area contributed by atoms with Crippen molar-refractivity contribution in [2.24, 2.45) is 0 Å². The number of para-hydroxylation sites is 1. The zero-order valence-electron chi connectivity index (χ0n) is 17.0. The van der Waals surface area contributed by atoms with Gasteiger partial charge in [-0.15, -0.1) is 0 Å². The third kappa shape index (κ3) is 4.53. The summed E-state index contributed by atoms with van der Waals surface area (Å²) in [4.78, 5) is 21.3. The van der Waals surface area contributed by atoms with Crippen molar-refractivity contribution in [2.75, 3.05) is 19.5 Å². The van der Waals surface area contributed by atoms with E-state index in [9.17, 15) is 4.79 Å². The molecule has 4 aromatic rings. The Hall–Kier alpha value is -4.20. The molecule has 0 saturated carbocycles. The zero-order valence-corrected chi connectivity index (χ0v) is 17.0. The van der Waals surface area contributed by atoms with Gasteiger partial charge in [0, 0.05) is 29.7 Å². The highest BCUT2D eigenvalue weighted by atomic mass is 16.5. The maximum absolute atomic E-state index is 12.9. The molecule has 0 aliphatic rings. The van der Waals surface area contributed by atoms with Gasteiger partial charge in [-0.25, -0.2) is 0 Å². The number of hydrogen-bond donors (Lipinski definition) is 1. The van der Waals surface area contributed by atoms with Crippen LogP contribution in [0.1, 0.15) is 21.8 Å². The van der Waals surface area contributed by atoms with E-state index in [2.05, 4.69) is 20.4 Å². The molecule has 31 heavy (non-hydrogen) atoms. The molecular formula is C23H20N4O4. The first-order valence-corrected chi connectivity index (χ1v) is 9.52. The van der Waals surface area contributed by atoms with Crippen molar-refractivity contribution in [2.45, 2.75) is 6.42 Å². The van der Waals surface area contributed by atoms with Crippen molar-refractivity contribution < 1.29 is 18.8 Å². The van der Waals surface area contributed by atoms with Gasteiger partial charge in [-0.3, -0.25) is 9.78 Å². The lowest BCUT2D eigenvalue weighted by molar-refractivity contribution is 0.102. The molecule has 0 saturated heterocycles. The van der Waals surface area contributed by atoms with E-state index < -0.39 is 0 Å². The molecule has 0 atom stereocenters. The van der Waals surface area contributed by atoms with Gasteiger partial charge in [0.05, 0.1) is 26.2 Å². The van der Waals surface area contributed by atoms with Crippen molar-refractivity contribution in [1.82, 2.24) is 15.1 Å². The quantitative estimate of drug-likeness (QED) is 0.486. The Morgan fingerprint density at radius 2 is 1.84 bits per heavy atom. The second kappa shape index (κ2) is 9.08. The number of nitrogens with one attached hydrogen (secondary N) is 1. The van der Waals surface area contributed by atoms with Gasteiger partial charge in [0.1, 0.15) is 11.5 Å². The van der Waals surface area contributed by atoms with Crippen LogP contribution < -0.4 is 14.8 Å². The van der Waals surface area contributed by atoms with E-state index in [0.717, 1.165) is 11.1 Å². The average molecular weight is 416 g/mol. The van der Waals surface area contributed by atoms with Crippen LogP contribution >= 0.6 is 0 Å². The summed E-state index contributed by atoms with van der Waals surface area (Å²) in [5.74, 6) is 1.66. The van der Waals surface area contributed by atoms with Crippen molar-refractivity contribution in [3.05, 3.63) is 84.0 Å². The maximum atomic E-state index is 12.9. The summed E-state index contributed by atoms with van der Waals surface area (Å²) in [7, 11) is 3.07. The number of methoxy groups -OCH3 is 2. The number of rotatable bonds is 7. The lowest BCUT2D eigenvalue weighted by Crippen LogP contribution is -2.14. The van der Waals surface area contributed by atoms with Gasteiger partial charge >= 0.3 is 0 Å². The average Bonchev–Trinajstić information content (AvgIpc) is 3.29. The van der Waals surface area contributed by atoms with E-state index in [0.29, 0.717) is 40.9 Å². The van der Waals surface area contributed by atoms with Gasteiger partial charge in [0.15, 0.2) is 0 Å². The number of amides is 1. The number of anilines is 1. The molecule has 2 aromatic heterocycles. The molecule has 8 heteroatoms. The summed E-state index contributed by atoms with van der Waals surface area (Å²) in [6.45, 7) is 0. The van der Waals surface area contributed by atoms with Gasteiger partial charge in [-0.05, 0) is 35.9 Å². The molecule has 2 heterocycles. The molecule has 4 rings (SSSR count). The number of nitrogens with zero attached hydrogens (tertiary/aromatic N) is 3. The van der Waals surface area contributed by atoms with Crippen molar-refractivity contribution in [3.8, 4) is 22.9 Å². The molecule has 2 aromatic carbocycles. The number of carbonyl (C=O) groups is 1. The van der Waals surface area contributed by atoms with Gasteiger partial charge < -0.3 is 19.3 Å². The fourth-order valence-electron chi connectivity index (χ4n) is 3.08. The zero-order chi connectivity index (χ0) is 21.6. The summed E-state index contributed by atoms with van der Waals surface area (Å²) < 4.78 is 15.9. The van der Waals surface area contributed by atoms with Crippen LogP contribution in [0.25, 0.3) is 11.4 Å². The number of aromatic nitrogens is 3. The van der Waals surface area contributed by atoms with Crippen LogP contribution in [-0.2, 0) is 6.42 Å². The van der Waals surface area contributed by atoms with Crippen LogP contribution in [0, 0.1) is 0 Å². The molecule has 0 fully saturated rings. The van der Waals surface area contributed by atoms with E-state index in [-0.39, 0.29) is 5.91 Å². The first kappa shape index (κ1) is 20.1. The Bertz CT molecular complexity index is 1190. The summed E-state index contributed by atoms with van der Waals surface area (Å²) in [5.41, 5.74) is 2.70. The molecule has 0 aliphatic heterocycles. The third-order valence-corrected chi connectivity index (χ3v) is 4.67. The minimum absolute atomic E-state index is 0.296. The Labute approximate surface area is 178 Å². The molecule has 8 nitrogen and oxygen atoms in total. The fourth-order valence-corrected chi connectivity index (χ4v) is 3.08. The Morgan fingerprint density at radius 3 is 2.61 bits per heavy atom. The molecule has 156 valence electrons. The highest BCUT2D eigenvalue weighted by molar-refractivity contribution is 6.06. The highest BCUT2D eigenvalue weighted by Crippen LogP contribution is 2.27. The number of pyridine rings is 1. The van der Waals surface area contributed by atoms with Crippen LogP contribution in [0.2, 0.25) is 0 Å². The molecule has 0 radical (unpaired) electrons. The van der Waals surface area contributed by atoms with E-state index in [4.69, 9.17) is 14.0 Å². The predicted octanol–water partition coefficient (Wildman–Crippen LogP) is 3.99. The first-order valence-electron chi connectivity index (χ1n) is 9.52. The summed E-state index contributed by atoms with van der Waals surface area (Å²) in [5, 5.41) is 6.97. The number of benzene rings is 2. The van der Waals surface area contributed by atoms with Crippen LogP contribution in [0.3, 0.4) is 0 Å². The lowest BCUT2D eigenvalue weighted by Gasteiger charge is -2.13. The molecule has 1 amide bonds. The van der Waals surface area contributed by atoms with E-state index in [1.807, 2.05) is 36.4 Å². The second-order valence-electron chi connectivity index (χ2n) is 6.60. The summed E-state index contributed by atoms with van der Waals surface area (Å²) >= 11 is 0. The number of carbonyl (C=O) groups excluding carboxylic acids is 1. The predicted molar refractivity (Wildman–Crippen MR) is 114 cm³/mol. The molecule has 1 N–H and O–H groups in total. The van der Waals surface area contributed by atoms with Gasteiger partial charge in [-0.2, -0.15) is 4.98 Å². The molecule has 0 spiro atoms. The maximum Gasteiger partial charge on any atom is 0.259 e. The van der Waals surface area contributed by atoms with Crippen LogP contribution in [-0.4, -0.2) is 35.3 Å². The van der Waals surface area contributed by atoms with E-state index >= 15 is 0 Å². The largest absolute Gasteiger partial charge is 0.497 e. The normalized spacial score (nSPS) is 10.5. The Balaban J connectivity index is 1.54. The van der Waals surface area contributed by atoms with E-state index in [1.54, 1.807) is 37.7 Å². The highest BCUT2D eigenvalue weighted by Gasteiger charge is 2.16. The summed E-state index contributed by atoms with van der Waals surface area (Å²) in [6.07, 6.45) is 3.71. The third-order valence-electron chi connectivity index (χ3n) is 4.67. The van der Waals surface area contributed by atoms with Crippen molar-refractivity contribution in [3.63, 3.8) is 0 Å². The molecular weight excluding hydrogens is 396 g/mol. The minimum atomic E-state index is -0.296. The van der Waals surface area contributed by atoms with Gasteiger partial charge in [0.2, 0.25) is 11.7 Å². The Kier molecular flexibility index (Phi) is 5.89. The smallest absolute Gasteiger partial charge is 0.259 e. The van der Waals surface area contributed by atoms with Crippen molar-refractivity contribution in [1.29, 1.82) is 0 Å².